The molecule has 1 rings (SSSR count). The molecule has 0 bridgehead atoms. The van der Waals surface area contributed by atoms with Crippen LogP contribution in [0.15, 0.2) is 12.1 Å². The molecule has 0 aliphatic rings. The molecular formula is C10H14ClNO4S. The minimum atomic E-state index is -3.57. The van der Waals surface area contributed by atoms with E-state index in [-0.39, 0.29) is 5.75 Å². The fourth-order valence-corrected chi connectivity index (χ4v) is 2.24. The maximum absolute atomic E-state index is 11.5. The first-order chi connectivity index (χ1) is 7.89. The highest BCUT2D eigenvalue weighted by atomic mass is 35.5. The molecule has 2 N–H and O–H groups in total. The summed E-state index contributed by atoms with van der Waals surface area (Å²) < 4.78 is 30.4. The average molecular weight is 280 g/mol. The van der Waals surface area contributed by atoms with Crippen molar-refractivity contribution >= 4 is 27.3 Å². The monoisotopic (exact) mass is 279 g/mol. The van der Waals surface area contributed by atoms with Gasteiger partial charge in [0.2, 0.25) is 10.0 Å². The van der Waals surface area contributed by atoms with Gasteiger partial charge in [-0.05, 0) is 18.6 Å². The summed E-state index contributed by atoms with van der Waals surface area (Å²) in [5.74, 6) is -0.0280. The van der Waals surface area contributed by atoms with E-state index < -0.39 is 16.6 Å². The predicted molar refractivity (Wildman–Crippen MR) is 67.2 cm³/mol. The Hall–Kier alpha value is -0.980. The van der Waals surface area contributed by atoms with Crippen molar-refractivity contribution < 1.29 is 18.3 Å². The zero-order chi connectivity index (χ0) is 13.1. The molecule has 0 spiro atoms. The molecule has 0 saturated carbocycles. The van der Waals surface area contributed by atoms with Gasteiger partial charge in [-0.15, -0.1) is 0 Å². The van der Waals surface area contributed by atoms with Gasteiger partial charge in [0.15, 0.2) is 0 Å². The summed E-state index contributed by atoms with van der Waals surface area (Å²) >= 11 is 5.90. The Kier molecular flexibility index (Phi) is 4.62. The summed E-state index contributed by atoms with van der Waals surface area (Å²) in [5, 5.41) is 9.13. The van der Waals surface area contributed by atoms with Crippen LogP contribution in [0.1, 0.15) is 5.56 Å². The van der Waals surface area contributed by atoms with Gasteiger partial charge in [-0.1, -0.05) is 11.6 Å². The summed E-state index contributed by atoms with van der Waals surface area (Å²) in [6, 6.07) is 3.11. The molecule has 0 aliphatic heterocycles. The van der Waals surface area contributed by atoms with Gasteiger partial charge in [0.05, 0.1) is 25.2 Å². The first-order valence-electron chi connectivity index (χ1n) is 4.85. The van der Waals surface area contributed by atoms with Crippen LogP contribution in [-0.4, -0.2) is 33.0 Å². The lowest BCUT2D eigenvalue weighted by Gasteiger charge is -2.12. The van der Waals surface area contributed by atoms with Crippen LogP contribution < -0.4 is 9.46 Å². The normalized spacial score (nSPS) is 11.3. The molecule has 0 saturated heterocycles. The zero-order valence-electron chi connectivity index (χ0n) is 9.53. The van der Waals surface area contributed by atoms with Crippen molar-refractivity contribution in [2.24, 2.45) is 0 Å². The number of anilines is 1. The molecule has 17 heavy (non-hydrogen) atoms. The Bertz CT molecular complexity index is 501. The first kappa shape index (κ1) is 14.1. The molecule has 0 unspecified atom stereocenters. The number of nitrogens with one attached hydrogen (secondary N) is 1. The molecule has 0 heterocycles. The van der Waals surface area contributed by atoms with Crippen molar-refractivity contribution in [2.75, 3.05) is 24.2 Å². The number of aliphatic hydroxyl groups is 1. The number of ether oxygens (including phenoxy) is 1. The molecule has 0 radical (unpaired) electrons. The van der Waals surface area contributed by atoms with E-state index in [1.165, 1.54) is 13.2 Å². The molecular weight excluding hydrogens is 266 g/mol. The second-order valence-electron chi connectivity index (χ2n) is 3.45. The molecule has 7 heteroatoms. The van der Waals surface area contributed by atoms with Gasteiger partial charge in [-0.25, -0.2) is 8.42 Å². The Morgan fingerprint density at radius 3 is 2.65 bits per heavy atom. The van der Waals surface area contributed by atoms with Crippen LogP contribution in [0.5, 0.6) is 5.75 Å². The van der Waals surface area contributed by atoms with Crippen LogP contribution in [0.2, 0.25) is 5.02 Å². The van der Waals surface area contributed by atoms with Crippen molar-refractivity contribution in [3.63, 3.8) is 0 Å². The molecule has 0 aliphatic carbocycles. The summed E-state index contributed by atoms with van der Waals surface area (Å²) in [6.07, 6.45) is 0. The van der Waals surface area contributed by atoms with Gasteiger partial charge in [0.1, 0.15) is 5.75 Å². The minimum Gasteiger partial charge on any atom is -0.495 e. The van der Waals surface area contributed by atoms with Crippen LogP contribution in [-0.2, 0) is 10.0 Å². The second-order valence-corrected chi connectivity index (χ2v) is 5.70. The minimum absolute atomic E-state index is 0.308. The van der Waals surface area contributed by atoms with E-state index in [0.29, 0.717) is 16.5 Å². The maximum Gasteiger partial charge on any atom is 0.235 e. The van der Waals surface area contributed by atoms with E-state index in [0.717, 1.165) is 5.56 Å². The fraction of sp³-hybridized carbons (Fsp3) is 0.400. The van der Waals surface area contributed by atoms with E-state index in [9.17, 15) is 8.42 Å². The summed E-state index contributed by atoms with van der Waals surface area (Å²) in [7, 11) is -2.15. The fourth-order valence-electron chi connectivity index (χ4n) is 1.25. The smallest absolute Gasteiger partial charge is 0.235 e. The number of hydrogen-bond donors (Lipinski definition) is 2. The summed E-state index contributed by atoms with van der Waals surface area (Å²) in [4.78, 5) is 0. The molecule has 1 aromatic rings. The lowest BCUT2D eigenvalue weighted by Crippen LogP contribution is -2.19. The van der Waals surface area contributed by atoms with Crippen molar-refractivity contribution in [1.29, 1.82) is 0 Å². The predicted octanol–water partition coefficient (Wildman–Crippen LogP) is 1.39. The van der Waals surface area contributed by atoms with Crippen LogP contribution >= 0.6 is 11.6 Å². The molecule has 0 aromatic heterocycles. The van der Waals surface area contributed by atoms with Crippen LogP contribution in [0.4, 0.5) is 5.69 Å². The summed E-state index contributed by atoms with van der Waals surface area (Å²) in [5.41, 5.74) is 1.04. The van der Waals surface area contributed by atoms with Gasteiger partial charge >= 0.3 is 0 Å². The summed E-state index contributed by atoms with van der Waals surface area (Å²) in [6.45, 7) is 1.32. The molecule has 0 atom stereocenters. The van der Waals surface area contributed by atoms with Gasteiger partial charge in [-0.2, -0.15) is 0 Å². The van der Waals surface area contributed by atoms with E-state index in [4.69, 9.17) is 21.4 Å². The van der Waals surface area contributed by atoms with Gasteiger partial charge < -0.3 is 9.84 Å². The number of aliphatic hydroxyl groups excluding tert-OH is 1. The Morgan fingerprint density at radius 1 is 1.47 bits per heavy atom. The Balaban J connectivity index is 3.10. The van der Waals surface area contributed by atoms with Crippen molar-refractivity contribution in [3.8, 4) is 5.75 Å². The van der Waals surface area contributed by atoms with Crippen molar-refractivity contribution in [2.45, 2.75) is 6.92 Å². The highest BCUT2D eigenvalue weighted by Gasteiger charge is 2.14. The molecule has 1 aromatic carbocycles. The standard InChI is InChI=1S/C10H14ClNO4S/c1-7-5-9(10(16-2)6-8(7)11)12-17(14,15)4-3-13/h5-6,12-13H,3-4H2,1-2H3. The third-order valence-electron chi connectivity index (χ3n) is 2.11. The highest BCUT2D eigenvalue weighted by Crippen LogP contribution is 2.31. The Labute approximate surface area is 105 Å². The topological polar surface area (TPSA) is 75.6 Å². The Morgan fingerprint density at radius 2 is 2.12 bits per heavy atom. The van der Waals surface area contributed by atoms with Crippen molar-refractivity contribution in [1.82, 2.24) is 0 Å². The molecule has 0 fully saturated rings. The maximum atomic E-state index is 11.5. The molecule has 0 amide bonds. The molecule has 96 valence electrons. The van der Waals surface area contributed by atoms with Crippen LogP contribution in [0.25, 0.3) is 0 Å². The SMILES string of the molecule is COc1cc(Cl)c(C)cc1NS(=O)(=O)CCO. The van der Waals surface area contributed by atoms with Crippen molar-refractivity contribution in [3.05, 3.63) is 22.7 Å². The quantitative estimate of drug-likeness (QED) is 0.854. The largest absolute Gasteiger partial charge is 0.495 e. The lowest BCUT2D eigenvalue weighted by atomic mass is 10.2. The zero-order valence-corrected chi connectivity index (χ0v) is 11.1. The third-order valence-corrected chi connectivity index (χ3v) is 3.76. The van der Waals surface area contributed by atoms with E-state index in [1.807, 2.05) is 0 Å². The number of methoxy groups -OCH3 is 1. The lowest BCUT2D eigenvalue weighted by molar-refractivity contribution is 0.320. The van der Waals surface area contributed by atoms with E-state index in [1.54, 1.807) is 13.0 Å². The highest BCUT2D eigenvalue weighted by molar-refractivity contribution is 7.92. The second kappa shape index (κ2) is 5.57. The third kappa shape index (κ3) is 3.76. The number of aryl methyl sites for hydroxylation is 1. The number of benzene rings is 1. The molecule has 5 nitrogen and oxygen atoms in total. The van der Waals surface area contributed by atoms with Gasteiger partial charge in [-0.3, -0.25) is 4.72 Å². The van der Waals surface area contributed by atoms with Crippen LogP contribution in [0.3, 0.4) is 0 Å². The number of halogens is 1. The number of sulfonamides is 1. The van der Waals surface area contributed by atoms with E-state index >= 15 is 0 Å². The number of rotatable bonds is 5. The van der Waals surface area contributed by atoms with E-state index in [2.05, 4.69) is 4.72 Å². The first-order valence-corrected chi connectivity index (χ1v) is 6.88. The van der Waals surface area contributed by atoms with Gasteiger partial charge in [0, 0.05) is 11.1 Å². The van der Waals surface area contributed by atoms with Gasteiger partial charge in [0.25, 0.3) is 0 Å². The van der Waals surface area contributed by atoms with Crippen LogP contribution in [0, 0.1) is 6.92 Å². The average Bonchev–Trinajstić information content (AvgIpc) is 2.22. The number of hydrogen-bond acceptors (Lipinski definition) is 4.